The van der Waals surface area contributed by atoms with Crippen LogP contribution in [-0.4, -0.2) is 4.21 Å². The number of halogens is 2. The third-order valence-corrected chi connectivity index (χ3v) is 4.15. The summed E-state index contributed by atoms with van der Waals surface area (Å²) in [6, 6.07) is 7.23. The molecule has 1 aliphatic heterocycles. The molecule has 0 aromatic heterocycles. The minimum absolute atomic E-state index is 0.234. The maximum atomic E-state index is 11.4. The maximum absolute atomic E-state index is 11.4. The summed E-state index contributed by atoms with van der Waals surface area (Å²) in [6.07, 6.45) is 0. The second kappa shape index (κ2) is 2.87. The minimum atomic E-state index is -1.26. The molecule has 0 spiro atoms. The quantitative estimate of drug-likeness (QED) is 0.655. The van der Waals surface area contributed by atoms with Gasteiger partial charge in [0.2, 0.25) is 0 Å². The summed E-state index contributed by atoms with van der Waals surface area (Å²) in [5.74, 6) is 0. The first-order valence-corrected chi connectivity index (χ1v) is 5.19. The Morgan fingerprint density at radius 3 is 2.50 bits per heavy atom. The lowest BCUT2D eigenvalue weighted by Crippen LogP contribution is -1.84. The Hall–Kier alpha value is -0.310. The molecular weight excluding hydrogens is 215 g/mol. The van der Waals surface area contributed by atoms with Crippen molar-refractivity contribution in [1.29, 1.82) is 0 Å². The third kappa shape index (κ3) is 1.03. The predicted octanol–water partition coefficient (Wildman–Crippen LogP) is 2.91. The van der Waals surface area contributed by atoms with Gasteiger partial charge < -0.3 is 0 Å². The average Bonchev–Trinajstić information content (AvgIpc) is 2.33. The van der Waals surface area contributed by atoms with Crippen LogP contribution in [0.5, 0.6) is 0 Å². The monoisotopic (exact) mass is 218 g/mol. The highest BCUT2D eigenvalue weighted by Gasteiger charge is 2.25. The lowest BCUT2D eigenvalue weighted by Gasteiger charge is -1.94. The van der Waals surface area contributed by atoms with Crippen molar-refractivity contribution >= 4 is 39.0 Å². The summed E-state index contributed by atoms with van der Waals surface area (Å²) in [6.45, 7) is 0. The molecule has 0 saturated carbocycles. The van der Waals surface area contributed by atoms with Crippen molar-refractivity contribution < 1.29 is 4.21 Å². The Morgan fingerprint density at radius 1 is 1.17 bits per heavy atom. The van der Waals surface area contributed by atoms with Gasteiger partial charge in [-0.25, -0.2) is 4.21 Å². The second-order valence-corrected chi connectivity index (χ2v) is 4.72. The van der Waals surface area contributed by atoms with E-state index in [4.69, 9.17) is 23.2 Å². The van der Waals surface area contributed by atoms with Gasteiger partial charge in [0.15, 0.2) is 0 Å². The number of hydrogen-bond acceptors (Lipinski definition) is 1. The van der Waals surface area contributed by atoms with Gasteiger partial charge in [-0.05, 0) is 6.07 Å². The fourth-order valence-electron chi connectivity index (χ4n) is 1.09. The van der Waals surface area contributed by atoms with E-state index in [2.05, 4.69) is 0 Å². The zero-order valence-corrected chi connectivity index (χ0v) is 8.21. The molecule has 0 N–H and O–H groups in total. The van der Waals surface area contributed by atoms with Crippen LogP contribution >= 0.6 is 23.2 Å². The Bertz CT molecular complexity index is 398. The lowest BCUT2D eigenvalue weighted by molar-refractivity contribution is 0.688. The first-order chi connectivity index (χ1) is 5.72. The molecule has 0 bridgehead atoms. The molecule has 1 atom stereocenters. The van der Waals surface area contributed by atoms with Gasteiger partial charge in [-0.2, -0.15) is 0 Å². The lowest BCUT2D eigenvalue weighted by atomic mass is 10.2. The van der Waals surface area contributed by atoms with Gasteiger partial charge >= 0.3 is 0 Å². The maximum Gasteiger partial charge on any atom is 0.129 e. The molecule has 1 unspecified atom stereocenters. The van der Waals surface area contributed by atoms with Gasteiger partial charge in [0.05, 0.1) is 20.7 Å². The smallest absolute Gasteiger partial charge is 0.129 e. The summed E-state index contributed by atoms with van der Waals surface area (Å²) < 4.78 is 11.7. The van der Waals surface area contributed by atoms with Crippen molar-refractivity contribution in [3.05, 3.63) is 34.2 Å². The first-order valence-electron chi connectivity index (χ1n) is 3.28. The fourth-order valence-corrected chi connectivity index (χ4v) is 2.91. The predicted molar refractivity (Wildman–Crippen MR) is 51.5 cm³/mol. The molecule has 1 nitrogen and oxygen atoms in total. The SMILES string of the molecule is O=S1C(Cl)=C(Cl)c2ccccc21. The molecule has 1 aliphatic rings. The molecule has 62 valence electrons. The Balaban J connectivity index is 2.73. The third-order valence-electron chi connectivity index (χ3n) is 1.66. The van der Waals surface area contributed by atoms with Gasteiger partial charge in [-0.1, -0.05) is 41.4 Å². The van der Waals surface area contributed by atoms with E-state index in [1.807, 2.05) is 18.2 Å². The van der Waals surface area contributed by atoms with E-state index in [9.17, 15) is 4.21 Å². The van der Waals surface area contributed by atoms with Crippen LogP contribution in [-0.2, 0) is 10.8 Å². The van der Waals surface area contributed by atoms with Crippen molar-refractivity contribution in [2.75, 3.05) is 0 Å². The highest BCUT2D eigenvalue weighted by Crippen LogP contribution is 2.40. The summed E-state index contributed by atoms with van der Waals surface area (Å²) >= 11 is 11.6. The molecule has 1 aromatic rings. The fraction of sp³-hybridized carbons (Fsp3) is 0. The summed E-state index contributed by atoms with van der Waals surface area (Å²) in [4.78, 5) is 0.701. The van der Waals surface area contributed by atoms with E-state index in [1.165, 1.54) is 0 Å². The molecule has 1 heterocycles. The van der Waals surface area contributed by atoms with E-state index in [1.54, 1.807) is 6.07 Å². The summed E-state index contributed by atoms with van der Waals surface area (Å²) in [5, 5.41) is 0.408. The molecule has 1 aromatic carbocycles. The standard InChI is InChI=1S/C8H4Cl2OS/c9-7-5-3-1-2-4-6(5)12(11)8(7)10/h1-4H. The zero-order chi connectivity index (χ0) is 8.72. The Morgan fingerprint density at radius 2 is 1.83 bits per heavy atom. The van der Waals surface area contributed by atoms with Crippen LogP contribution in [0, 0.1) is 0 Å². The molecule has 12 heavy (non-hydrogen) atoms. The van der Waals surface area contributed by atoms with Crippen LogP contribution < -0.4 is 0 Å². The van der Waals surface area contributed by atoms with Crippen molar-refractivity contribution in [1.82, 2.24) is 0 Å². The van der Waals surface area contributed by atoms with Crippen LogP contribution in [0.25, 0.3) is 5.03 Å². The van der Waals surface area contributed by atoms with Gasteiger partial charge in [-0.15, -0.1) is 0 Å². The zero-order valence-electron chi connectivity index (χ0n) is 5.88. The molecule has 0 saturated heterocycles. The van der Waals surface area contributed by atoms with Crippen molar-refractivity contribution in [3.63, 3.8) is 0 Å². The van der Waals surface area contributed by atoms with E-state index in [0.29, 0.717) is 9.93 Å². The van der Waals surface area contributed by atoms with Gasteiger partial charge in [0.1, 0.15) is 4.36 Å². The van der Waals surface area contributed by atoms with Crippen molar-refractivity contribution in [2.45, 2.75) is 4.90 Å². The van der Waals surface area contributed by atoms with E-state index in [-0.39, 0.29) is 4.36 Å². The molecule has 4 heteroatoms. The van der Waals surface area contributed by atoms with Crippen molar-refractivity contribution in [3.8, 4) is 0 Å². The highest BCUT2D eigenvalue weighted by atomic mass is 35.5. The largest absolute Gasteiger partial charge is 0.248 e. The average molecular weight is 219 g/mol. The topological polar surface area (TPSA) is 17.1 Å². The normalized spacial score (nSPS) is 21.3. The molecule has 0 aliphatic carbocycles. The minimum Gasteiger partial charge on any atom is -0.248 e. The van der Waals surface area contributed by atoms with Crippen LogP contribution in [0.4, 0.5) is 0 Å². The van der Waals surface area contributed by atoms with Gasteiger partial charge in [-0.3, -0.25) is 0 Å². The Kier molecular flexibility index (Phi) is 1.99. The number of fused-ring (bicyclic) bond motifs is 1. The van der Waals surface area contributed by atoms with Crippen LogP contribution in [0.1, 0.15) is 5.56 Å². The summed E-state index contributed by atoms with van der Waals surface area (Å²) in [7, 11) is -1.26. The summed E-state index contributed by atoms with van der Waals surface area (Å²) in [5.41, 5.74) is 0.780. The van der Waals surface area contributed by atoms with E-state index < -0.39 is 10.8 Å². The first kappa shape index (κ1) is 8.30. The van der Waals surface area contributed by atoms with E-state index in [0.717, 1.165) is 5.56 Å². The van der Waals surface area contributed by atoms with E-state index >= 15 is 0 Å². The molecule has 0 radical (unpaired) electrons. The van der Waals surface area contributed by atoms with Crippen molar-refractivity contribution in [2.24, 2.45) is 0 Å². The number of rotatable bonds is 0. The Labute approximate surface area is 82.4 Å². The van der Waals surface area contributed by atoms with Gasteiger partial charge in [0, 0.05) is 5.56 Å². The highest BCUT2D eigenvalue weighted by molar-refractivity contribution is 7.91. The molecule has 0 amide bonds. The number of hydrogen-bond donors (Lipinski definition) is 0. The second-order valence-electron chi connectivity index (χ2n) is 2.35. The van der Waals surface area contributed by atoms with Gasteiger partial charge in [0.25, 0.3) is 0 Å². The van der Waals surface area contributed by atoms with Crippen LogP contribution in [0.2, 0.25) is 0 Å². The molecule has 2 rings (SSSR count). The number of benzene rings is 1. The van der Waals surface area contributed by atoms with Crippen LogP contribution in [0.15, 0.2) is 33.5 Å². The molecule has 0 fully saturated rings. The van der Waals surface area contributed by atoms with Crippen LogP contribution in [0.3, 0.4) is 0 Å². The molecular formula is C8H4Cl2OS.